The van der Waals surface area contributed by atoms with Gasteiger partial charge in [-0.1, -0.05) is 12.8 Å². The largest absolute Gasteiger partial charge is 0.388 e. The molecule has 0 aromatic carbocycles. The van der Waals surface area contributed by atoms with E-state index >= 15 is 0 Å². The van der Waals surface area contributed by atoms with Crippen LogP contribution < -0.4 is 11.1 Å². The minimum atomic E-state index is -0.629. The minimum Gasteiger partial charge on any atom is -0.388 e. The SMILES string of the molecule is Nc1nc(NCC2(O)CCCC2)c2cn[nH]c2n1. The van der Waals surface area contributed by atoms with E-state index in [0.29, 0.717) is 18.0 Å². The van der Waals surface area contributed by atoms with Gasteiger partial charge in [0, 0.05) is 6.54 Å². The first-order chi connectivity index (χ1) is 8.66. The maximum Gasteiger partial charge on any atom is 0.224 e. The standard InChI is InChI=1S/C11H16N6O/c12-10-15-8(7-5-14-17-9(7)16-10)13-6-11(18)3-1-2-4-11/h5,18H,1-4,6H2,(H4,12,13,14,15,16,17). The molecule has 96 valence electrons. The Morgan fingerprint density at radius 2 is 2.17 bits per heavy atom. The quantitative estimate of drug-likeness (QED) is 0.634. The molecule has 7 heteroatoms. The molecule has 2 aromatic heterocycles. The zero-order valence-corrected chi connectivity index (χ0v) is 9.98. The number of aromatic amines is 1. The van der Waals surface area contributed by atoms with E-state index in [-0.39, 0.29) is 5.95 Å². The van der Waals surface area contributed by atoms with E-state index in [2.05, 4.69) is 25.5 Å². The van der Waals surface area contributed by atoms with Crippen molar-refractivity contribution in [1.29, 1.82) is 0 Å². The third-order valence-electron chi connectivity index (χ3n) is 3.45. The molecule has 5 N–H and O–H groups in total. The molecule has 0 atom stereocenters. The van der Waals surface area contributed by atoms with E-state index in [0.717, 1.165) is 31.1 Å². The van der Waals surface area contributed by atoms with E-state index in [1.165, 1.54) is 0 Å². The van der Waals surface area contributed by atoms with E-state index in [4.69, 9.17) is 5.73 Å². The maximum atomic E-state index is 10.3. The molecule has 1 aliphatic rings. The minimum absolute atomic E-state index is 0.188. The lowest BCUT2D eigenvalue weighted by Crippen LogP contribution is -2.33. The van der Waals surface area contributed by atoms with Crippen LogP contribution in [0.15, 0.2) is 6.20 Å². The molecule has 1 fully saturated rings. The molecule has 0 bridgehead atoms. The smallest absolute Gasteiger partial charge is 0.224 e. The van der Waals surface area contributed by atoms with Gasteiger partial charge in [-0.2, -0.15) is 15.1 Å². The Morgan fingerprint density at radius 1 is 1.39 bits per heavy atom. The highest BCUT2D eigenvalue weighted by molar-refractivity contribution is 5.86. The summed E-state index contributed by atoms with van der Waals surface area (Å²) < 4.78 is 0. The summed E-state index contributed by atoms with van der Waals surface area (Å²) in [5.41, 5.74) is 5.60. The first-order valence-electron chi connectivity index (χ1n) is 6.09. The van der Waals surface area contributed by atoms with Crippen molar-refractivity contribution < 1.29 is 5.11 Å². The number of fused-ring (bicyclic) bond motifs is 1. The fourth-order valence-electron chi connectivity index (χ4n) is 2.45. The molecule has 2 aromatic rings. The molecule has 1 saturated carbocycles. The van der Waals surface area contributed by atoms with E-state index < -0.39 is 5.60 Å². The number of anilines is 2. The Kier molecular flexibility index (Phi) is 2.55. The van der Waals surface area contributed by atoms with Gasteiger partial charge in [-0.05, 0) is 12.8 Å². The summed E-state index contributed by atoms with van der Waals surface area (Å²) in [4.78, 5) is 8.19. The van der Waals surface area contributed by atoms with Crippen LogP contribution in [0.5, 0.6) is 0 Å². The number of rotatable bonds is 3. The van der Waals surface area contributed by atoms with Gasteiger partial charge < -0.3 is 16.2 Å². The Labute approximate surface area is 104 Å². The number of aromatic nitrogens is 4. The predicted molar refractivity (Wildman–Crippen MR) is 68.0 cm³/mol. The second kappa shape index (κ2) is 4.09. The van der Waals surface area contributed by atoms with Crippen molar-refractivity contribution in [2.45, 2.75) is 31.3 Å². The number of H-pyrrole nitrogens is 1. The van der Waals surface area contributed by atoms with E-state index in [1.807, 2.05) is 0 Å². The third kappa shape index (κ3) is 1.97. The summed E-state index contributed by atoms with van der Waals surface area (Å²) in [7, 11) is 0. The summed E-state index contributed by atoms with van der Waals surface area (Å²) in [6.07, 6.45) is 5.45. The van der Waals surface area contributed by atoms with Gasteiger partial charge in [-0.25, -0.2) is 0 Å². The van der Waals surface area contributed by atoms with Crippen LogP contribution >= 0.6 is 0 Å². The fraction of sp³-hybridized carbons (Fsp3) is 0.545. The average Bonchev–Trinajstić information content (AvgIpc) is 2.95. The lowest BCUT2D eigenvalue weighted by Gasteiger charge is -2.22. The van der Waals surface area contributed by atoms with Crippen molar-refractivity contribution in [1.82, 2.24) is 20.2 Å². The molecule has 18 heavy (non-hydrogen) atoms. The van der Waals surface area contributed by atoms with Gasteiger partial charge in [-0.15, -0.1) is 0 Å². The number of aliphatic hydroxyl groups is 1. The molecule has 2 heterocycles. The van der Waals surface area contributed by atoms with Crippen molar-refractivity contribution in [2.24, 2.45) is 0 Å². The van der Waals surface area contributed by atoms with Crippen LogP contribution in [0.2, 0.25) is 0 Å². The third-order valence-corrected chi connectivity index (χ3v) is 3.45. The number of nitrogens with two attached hydrogens (primary N) is 1. The number of hydrogen-bond donors (Lipinski definition) is 4. The number of nitrogen functional groups attached to an aromatic ring is 1. The molecular weight excluding hydrogens is 232 g/mol. The van der Waals surface area contributed by atoms with Crippen LogP contribution in [0, 0.1) is 0 Å². The Bertz CT molecular complexity index is 560. The van der Waals surface area contributed by atoms with E-state index in [1.54, 1.807) is 6.20 Å². The average molecular weight is 248 g/mol. The molecule has 0 radical (unpaired) electrons. The topological polar surface area (TPSA) is 113 Å². The van der Waals surface area contributed by atoms with Gasteiger partial charge in [0.05, 0.1) is 17.2 Å². The van der Waals surface area contributed by atoms with Gasteiger partial charge in [-0.3, -0.25) is 5.10 Å². The lowest BCUT2D eigenvalue weighted by molar-refractivity contribution is 0.0614. The van der Waals surface area contributed by atoms with Crippen molar-refractivity contribution >= 4 is 22.8 Å². The monoisotopic (exact) mass is 248 g/mol. The molecule has 0 amide bonds. The second-order valence-electron chi connectivity index (χ2n) is 4.85. The first kappa shape index (κ1) is 11.2. The highest BCUT2D eigenvalue weighted by Gasteiger charge is 2.31. The van der Waals surface area contributed by atoms with E-state index in [9.17, 15) is 5.11 Å². The van der Waals surface area contributed by atoms with Gasteiger partial charge in [0.1, 0.15) is 5.82 Å². The van der Waals surface area contributed by atoms with Gasteiger partial charge in [0.2, 0.25) is 5.95 Å². The fourth-order valence-corrected chi connectivity index (χ4v) is 2.45. The van der Waals surface area contributed by atoms with Crippen molar-refractivity contribution in [3.63, 3.8) is 0 Å². The van der Waals surface area contributed by atoms with Gasteiger partial charge in [0.25, 0.3) is 0 Å². The Balaban J connectivity index is 1.83. The number of nitrogens with one attached hydrogen (secondary N) is 2. The van der Waals surface area contributed by atoms with Gasteiger partial charge >= 0.3 is 0 Å². The number of hydrogen-bond acceptors (Lipinski definition) is 6. The highest BCUT2D eigenvalue weighted by atomic mass is 16.3. The first-order valence-corrected chi connectivity index (χ1v) is 6.09. The number of nitrogens with zero attached hydrogens (tertiary/aromatic N) is 3. The van der Waals surface area contributed by atoms with Gasteiger partial charge in [0.15, 0.2) is 5.65 Å². The Morgan fingerprint density at radius 3 is 2.94 bits per heavy atom. The highest BCUT2D eigenvalue weighted by Crippen LogP contribution is 2.30. The zero-order valence-electron chi connectivity index (χ0n) is 9.98. The van der Waals surface area contributed by atoms with Crippen LogP contribution in [0.25, 0.3) is 11.0 Å². The predicted octanol–water partition coefficient (Wildman–Crippen LogP) is 0.652. The molecule has 1 aliphatic carbocycles. The summed E-state index contributed by atoms with van der Waals surface area (Å²) >= 11 is 0. The van der Waals surface area contributed by atoms with Crippen LogP contribution in [0.4, 0.5) is 11.8 Å². The molecule has 0 aliphatic heterocycles. The lowest BCUT2D eigenvalue weighted by atomic mass is 10.0. The van der Waals surface area contributed by atoms with Crippen LogP contribution in [0.1, 0.15) is 25.7 Å². The maximum absolute atomic E-state index is 10.3. The summed E-state index contributed by atoms with van der Waals surface area (Å²) in [6.45, 7) is 0.476. The van der Waals surface area contributed by atoms with Crippen molar-refractivity contribution in [3.05, 3.63) is 6.20 Å². The van der Waals surface area contributed by atoms with Crippen LogP contribution in [0.3, 0.4) is 0 Å². The summed E-state index contributed by atoms with van der Waals surface area (Å²) in [5.74, 6) is 0.805. The zero-order chi connectivity index (χ0) is 12.6. The summed E-state index contributed by atoms with van der Waals surface area (Å²) in [5, 5.41) is 20.9. The molecule has 0 unspecified atom stereocenters. The Hall–Kier alpha value is -1.89. The molecule has 0 saturated heterocycles. The van der Waals surface area contributed by atoms with Crippen LogP contribution in [-0.4, -0.2) is 37.4 Å². The van der Waals surface area contributed by atoms with Crippen molar-refractivity contribution in [3.8, 4) is 0 Å². The normalized spacial score (nSPS) is 18.3. The molecule has 7 nitrogen and oxygen atoms in total. The molecule has 0 spiro atoms. The molecule has 3 rings (SSSR count). The molecular formula is C11H16N6O. The van der Waals surface area contributed by atoms with Crippen LogP contribution in [-0.2, 0) is 0 Å². The summed E-state index contributed by atoms with van der Waals surface area (Å²) in [6, 6.07) is 0. The second-order valence-corrected chi connectivity index (χ2v) is 4.85. The van der Waals surface area contributed by atoms with Crippen molar-refractivity contribution in [2.75, 3.05) is 17.6 Å².